The molecule has 0 aliphatic carbocycles. The third-order valence-electron chi connectivity index (χ3n) is 5.59. The van der Waals surface area contributed by atoms with Gasteiger partial charge in [-0.25, -0.2) is 0 Å². The van der Waals surface area contributed by atoms with Gasteiger partial charge in [0.1, 0.15) is 10.8 Å². The molecular weight excluding hydrogens is 338 g/mol. The molecule has 0 unspecified atom stereocenters. The molecule has 2 aliphatic rings. The van der Waals surface area contributed by atoms with Gasteiger partial charge in [-0.05, 0) is 58.2 Å². The Morgan fingerprint density at radius 3 is 2.40 bits per heavy atom. The van der Waals surface area contributed by atoms with E-state index >= 15 is 0 Å². The Bertz CT molecular complexity index is 626. The minimum absolute atomic E-state index is 0.146. The number of aromatic nitrogens is 1. The molecule has 1 aromatic rings. The Kier molecular flexibility index (Phi) is 5.11. The SMILES string of the molecule is CC(C)(C)OC(=O)[N+]1(c2cccc(Cl)n2)CCC2(CCNCC2)CC1. The number of amides is 1. The van der Waals surface area contributed by atoms with E-state index in [2.05, 4.69) is 10.3 Å². The highest BCUT2D eigenvalue weighted by molar-refractivity contribution is 6.29. The number of piperidine rings is 2. The van der Waals surface area contributed by atoms with Crippen LogP contribution in [0.5, 0.6) is 0 Å². The third kappa shape index (κ3) is 3.99. The van der Waals surface area contributed by atoms with E-state index in [1.165, 1.54) is 12.8 Å². The van der Waals surface area contributed by atoms with Crippen molar-refractivity contribution in [2.24, 2.45) is 5.41 Å². The highest BCUT2D eigenvalue weighted by Crippen LogP contribution is 2.43. The zero-order valence-electron chi connectivity index (χ0n) is 15.5. The normalized spacial score (nSPS) is 22.6. The van der Waals surface area contributed by atoms with Crippen LogP contribution >= 0.6 is 11.6 Å². The second-order valence-corrected chi connectivity index (χ2v) is 8.85. The van der Waals surface area contributed by atoms with Gasteiger partial charge in [0, 0.05) is 18.9 Å². The van der Waals surface area contributed by atoms with Gasteiger partial charge in [-0.1, -0.05) is 17.7 Å². The Morgan fingerprint density at radius 2 is 1.84 bits per heavy atom. The number of quaternary nitrogens is 1. The number of nitrogens with one attached hydrogen (secondary N) is 1. The van der Waals surface area contributed by atoms with Gasteiger partial charge in [0.2, 0.25) is 5.82 Å². The molecule has 2 aliphatic heterocycles. The molecule has 138 valence electrons. The van der Waals surface area contributed by atoms with Gasteiger partial charge in [-0.3, -0.25) is 0 Å². The van der Waals surface area contributed by atoms with Crippen molar-refractivity contribution in [2.75, 3.05) is 26.2 Å². The van der Waals surface area contributed by atoms with Crippen molar-refractivity contribution in [1.29, 1.82) is 0 Å². The monoisotopic (exact) mass is 366 g/mol. The average molecular weight is 367 g/mol. The minimum atomic E-state index is -0.523. The molecule has 0 aromatic carbocycles. The van der Waals surface area contributed by atoms with E-state index in [-0.39, 0.29) is 10.6 Å². The molecular formula is C19H29ClN3O2+. The summed E-state index contributed by atoms with van der Waals surface area (Å²) in [6.45, 7) is 9.31. The zero-order chi connectivity index (χ0) is 18.1. The summed E-state index contributed by atoms with van der Waals surface area (Å²) < 4.78 is 5.93. The van der Waals surface area contributed by atoms with Crippen LogP contribution < -0.4 is 9.80 Å². The van der Waals surface area contributed by atoms with Crippen LogP contribution in [0, 0.1) is 5.41 Å². The molecule has 3 rings (SSSR count). The fourth-order valence-electron chi connectivity index (χ4n) is 4.04. The number of hydrogen-bond acceptors (Lipinski definition) is 4. The van der Waals surface area contributed by atoms with Crippen molar-refractivity contribution in [1.82, 2.24) is 14.8 Å². The number of carbonyl (C=O) groups excluding carboxylic acids is 1. The molecule has 1 aromatic heterocycles. The summed E-state index contributed by atoms with van der Waals surface area (Å²) in [5.74, 6) is 0.700. The standard InChI is InChI=1S/C19H29ClN3O2/c1-18(2,3)25-17(24)23(16-6-4-5-15(20)22-16)13-9-19(10-14-23)7-11-21-12-8-19/h4-6,21H,7-14H2,1-3H3/q+1. The van der Waals surface area contributed by atoms with Crippen LogP contribution in [0.4, 0.5) is 10.6 Å². The maximum Gasteiger partial charge on any atom is 0.523 e. The van der Waals surface area contributed by atoms with Crippen molar-refractivity contribution in [3.8, 4) is 0 Å². The van der Waals surface area contributed by atoms with Gasteiger partial charge in [0.25, 0.3) is 0 Å². The highest BCUT2D eigenvalue weighted by Gasteiger charge is 2.51. The number of nitrogens with zero attached hydrogens (tertiary/aromatic N) is 2. The van der Waals surface area contributed by atoms with Crippen LogP contribution in [0.15, 0.2) is 18.2 Å². The summed E-state index contributed by atoms with van der Waals surface area (Å²) in [6.07, 6.45) is 4.18. The molecule has 2 saturated heterocycles. The predicted octanol–water partition coefficient (Wildman–Crippen LogP) is 4.14. The number of rotatable bonds is 1. The lowest BCUT2D eigenvalue weighted by Crippen LogP contribution is -2.62. The highest BCUT2D eigenvalue weighted by atomic mass is 35.5. The molecule has 3 heterocycles. The van der Waals surface area contributed by atoms with Crippen molar-refractivity contribution in [3.05, 3.63) is 23.4 Å². The number of hydrogen-bond donors (Lipinski definition) is 1. The van der Waals surface area contributed by atoms with Gasteiger partial charge in [-0.15, -0.1) is 0 Å². The lowest BCUT2D eigenvalue weighted by molar-refractivity contribution is 0.00667. The zero-order valence-corrected chi connectivity index (χ0v) is 16.2. The molecule has 25 heavy (non-hydrogen) atoms. The van der Waals surface area contributed by atoms with E-state index in [4.69, 9.17) is 16.3 Å². The Hall–Kier alpha value is -1.17. The van der Waals surface area contributed by atoms with Crippen LogP contribution in [-0.4, -0.2) is 42.9 Å². The largest absolute Gasteiger partial charge is 0.523 e. The molecule has 5 nitrogen and oxygen atoms in total. The average Bonchev–Trinajstić information content (AvgIpc) is 2.55. The number of ether oxygens (including phenoxy) is 1. The molecule has 1 amide bonds. The molecule has 0 saturated carbocycles. The van der Waals surface area contributed by atoms with Crippen molar-refractivity contribution in [3.63, 3.8) is 0 Å². The fourth-order valence-corrected chi connectivity index (χ4v) is 4.20. The van der Waals surface area contributed by atoms with Crippen LogP contribution in [-0.2, 0) is 4.74 Å². The second kappa shape index (κ2) is 6.86. The number of likely N-dealkylation sites (tertiary alicyclic amines) is 1. The van der Waals surface area contributed by atoms with E-state index < -0.39 is 5.60 Å². The first-order valence-corrected chi connectivity index (χ1v) is 9.57. The van der Waals surface area contributed by atoms with Crippen molar-refractivity contribution in [2.45, 2.75) is 52.1 Å². The molecule has 1 spiro atoms. The Labute approximate surface area is 155 Å². The predicted molar refractivity (Wildman–Crippen MR) is 101 cm³/mol. The number of pyridine rings is 1. The Morgan fingerprint density at radius 1 is 1.20 bits per heavy atom. The lowest BCUT2D eigenvalue weighted by Gasteiger charge is -2.47. The summed E-state index contributed by atoms with van der Waals surface area (Å²) in [5, 5.41) is 3.86. The number of carbonyl (C=O) groups is 1. The summed E-state index contributed by atoms with van der Waals surface area (Å²) >= 11 is 6.12. The second-order valence-electron chi connectivity index (χ2n) is 8.46. The lowest BCUT2D eigenvalue weighted by atomic mass is 9.71. The summed E-state index contributed by atoms with van der Waals surface area (Å²) in [7, 11) is 0. The van der Waals surface area contributed by atoms with E-state index in [1.807, 2.05) is 32.9 Å². The van der Waals surface area contributed by atoms with E-state index in [9.17, 15) is 4.79 Å². The molecule has 0 radical (unpaired) electrons. The quantitative estimate of drug-likeness (QED) is 0.599. The van der Waals surface area contributed by atoms with Crippen LogP contribution in [0.3, 0.4) is 0 Å². The van der Waals surface area contributed by atoms with Gasteiger partial charge in [0.15, 0.2) is 0 Å². The van der Waals surface area contributed by atoms with Crippen LogP contribution in [0.25, 0.3) is 0 Å². The summed E-state index contributed by atoms with van der Waals surface area (Å²) in [5.41, 5.74) is -0.168. The van der Waals surface area contributed by atoms with Crippen LogP contribution in [0.1, 0.15) is 46.5 Å². The number of halogens is 1. The molecule has 0 bridgehead atoms. The first-order chi connectivity index (χ1) is 11.7. The summed E-state index contributed by atoms with van der Waals surface area (Å²) in [4.78, 5) is 17.7. The van der Waals surface area contributed by atoms with Crippen molar-refractivity contribution >= 4 is 23.5 Å². The van der Waals surface area contributed by atoms with Gasteiger partial charge in [-0.2, -0.15) is 14.3 Å². The Balaban J connectivity index is 1.90. The first kappa shape index (κ1) is 18.6. The van der Waals surface area contributed by atoms with Gasteiger partial charge < -0.3 is 10.1 Å². The molecule has 0 atom stereocenters. The van der Waals surface area contributed by atoms with E-state index in [0.29, 0.717) is 16.4 Å². The summed E-state index contributed by atoms with van der Waals surface area (Å²) in [6, 6.07) is 5.51. The van der Waals surface area contributed by atoms with Crippen LogP contribution in [0.2, 0.25) is 5.15 Å². The van der Waals surface area contributed by atoms with E-state index in [0.717, 1.165) is 39.0 Å². The van der Waals surface area contributed by atoms with Gasteiger partial charge in [0.05, 0.1) is 13.1 Å². The van der Waals surface area contributed by atoms with Crippen molar-refractivity contribution < 1.29 is 9.53 Å². The maximum absolute atomic E-state index is 13.2. The third-order valence-corrected chi connectivity index (χ3v) is 5.80. The molecule has 1 N–H and O–H groups in total. The smallest absolute Gasteiger partial charge is 0.414 e. The fraction of sp³-hybridized carbons (Fsp3) is 0.684. The molecule has 6 heteroatoms. The maximum atomic E-state index is 13.2. The topological polar surface area (TPSA) is 51.2 Å². The first-order valence-electron chi connectivity index (χ1n) is 9.19. The molecule has 2 fully saturated rings. The minimum Gasteiger partial charge on any atom is -0.414 e. The van der Waals surface area contributed by atoms with Gasteiger partial charge >= 0.3 is 6.09 Å². The van der Waals surface area contributed by atoms with E-state index in [1.54, 1.807) is 6.07 Å².